The van der Waals surface area contributed by atoms with Crippen molar-refractivity contribution in [3.8, 4) is 0 Å². The fraction of sp³-hybridized carbons (Fsp3) is 0.529. The van der Waals surface area contributed by atoms with Gasteiger partial charge in [0.05, 0.1) is 5.54 Å². The maximum absolute atomic E-state index is 6.46. The highest BCUT2D eigenvalue weighted by molar-refractivity contribution is 6.31. The lowest BCUT2D eigenvalue weighted by molar-refractivity contribution is 0.550. The zero-order valence-electron chi connectivity index (χ0n) is 13.2. The topological polar surface area (TPSA) is 15.3 Å². The van der Waals surface area contributed by atoms with Gasteiger partial charge in [-0.3, -0.25) is 0 Å². The molecule has 0 spiro atoms. The number of benzene rings is 1. The summed E-state index contributed by atoms with van der Waals surface area (Å²) in [4.78, 5) is 2.46. The molecule has 0 amide bonds. The molecule has 1 aliphatic heterocycles. The molecular weight excluding hydrogens is 268 g/mol. The van der Waals surface area contributed by atoms with E-state index in [-0.39, 0.29) is 5.54 Å². The first kappa shape index (κ1) is 15.4. The highest BCUT2D eigenvalue weighted by Gasteiger charge is 2.31. The number of rotatable bonds is 4. The Balaban J connectivity index is 2.57. The van der Waals surface area contributed by atoms with Gasteiger partial charge in [0.1, 0.15) is 0 Å². The molecule has 0 saturated heterocycles. The largest absolute Gasteiger partial charge is 0.362 e. The number of nitrogens with one attached hydrogen (secondary N) is 1. The minimum atomic E-state index is 0.0426. The molecule has 2 rings (SSSR count). The van der Waals surface area contributed by atoms with E-state index in [9.17, 15) is 0 Å². The number of allylic oxidation sites excluding steroid dienone is 1. The van der Waals surface area contributed by atoms with Crippen molar-refractivity contribution in [2.45, 2.75) is 46.2 Å². The van der Waals surface area contributed by atoms with Gasteiger partial charge in [-0.05, 0) is 57.5 Å². The Hall–Kier alpha value is -0.990. The van der Waals surface area contributed by atoms with E-state index in [0.717, 1.165) is 30.1 Å². The molecule has 1 heterocycles. The summed E-state index contributed by atoms with van der Waals surface area (Å²) in [6.45, 7) is 10.8. The van der Waals surface area contributed by atoms with Gasteiger partial charge < -0.3 is 10.2 Å². The maximum atomic E-state index is 6.46. The molecule has 20 heavy (non-hydrogen) atoms. The highest BCUT2D eigenvalue weighted by atomic mass is 35.5. The quantitative estimate of drug-likeness (QED) is 0.881. The summed E-state index contributed by atoms with van der Waals surface area (Å²) in [5, 5.41) is 4.03. The Bertz CT molecular complexity index is 532. The van der Waals surface area contributed by atoms with Crippen molar-refractivity contribution in [3.05, 3.63) is 34.4 Å². The molecule has 1 aromatic carbocycles. The van der Waals surface area contributed by atoms with E-state index in [4.69, 9.17) is 11.6 Å². The average molecular weight is 293 g/mol. The molecule has 3 heteroatoms. The van der Waals surface area contributed by atoms with Gasteiger partial charge in [-0.15, -0.1) is 0 Å². The van der Waals surface area contributed by atoms with Gasteiger partial charge in [0.25, 0.3) is 0 Å². The van der Waals surface area contributed by atoms with Crippen LogP contribution in [0.25, 0.3) is 5.57 Å². The van der Waals surface area contributed by atoms with Crippen LogP contribution in [0, 0.1) is 0 Å². The molecule has 0 aliphatic carbocycles. The van der Waals surface area contributed by atoms with Crippen LogP contribution >= 0.6 is 11.6 Å². The molecular formula is C17H25ClN2. The van der Waals surface area contributed by atoms with Crippen LogP contribution in [-0.4, -0.2) is 19.1 Å². The van der Waals surface area contributed by atoms with Gasteiger partial charge in [0.15, 0.2) is 0 Å². The lowest BCUT2D eigenvalue weighted by Gasteiger charge is -2.43. The van der Waals surface area contributed by atoms with Crippen molar-refractivity contribution in [3.63, 3.8) is 0 Å². The molecule has 0 atom stereocenters. The molecule has 0 aromatic heterocycles. The fourth-order valence-corrected chi connectivity index (χ4v) is 3.33. The van der Waals surface area contributed by atoms with Gasteiger partial charge in [-0.1, -0.05) is 24.6 Å². The minimum Gasteiger partial charge on any atom is -0.362 e. The normalized spacial score (nSPS) is 16.9. The number of fused-ring (bicyclic) bond motifs is 1. The summed E-state index contributed by atoms with van der Waals surface area (Å²) in [5.74, 6) is 0. The first-order valence-corrected chi connectivity index (χ1v) is 7.73. The Morgan fingerprint density at radius 2 is 2.00 bits per heavy atom. The van der Waals surface area contributed by atoms with Gasteiger partial charge >= 0.3 is 0 Å². The van der Waals surface area contributed by atoms with Crippen LogP contribution in [-0.2, 0) is 6.54 Å². The van der Waals surface area contributed by atoms with E-state index in [1.165, 1.54) is 16.8 Å². The third-order valence-electron chi connectivity index (χ3n) is 3.96. The van der Waals surface area contributed by atoms with Crippen LogP contribution in [0.3, 0.4) is 0 Å². The van der Waals surface area contributed by atoms with Crippen molar-refractivity contribution in [1.29, 1.82) is 0 Å². The summed E-state index contributed by atoms with van der Waals surface area (Å²) in [5.41, 5.74) is 5.12. The molecule has 1 N–H and O–H groups in total. The third-order valence-corrected chi connectivity index (χ3v) is 4.31. The van der Waals surface area contributed by atoms with Crippen molar-refractivity contribution in [2.75, 3.05) is 18.5 Å². The summed E-state index contributed by atoms with van der Waals surface area (Å²) in [6.07, 6.45) is 3.49. The van der Waals surface area contributed by atoms with Crippen LogP contribution in [0.4, 0.5) is 5.69 Å². The zero-order chi connectivity index (χ0) is 14.9. The van der Waals surface area contributed by atoms with Crippen LogP contribution in [0.15, 0.2) is 18.2 Å². The Morgan fingerprint density at radius 1 is 1.30 bits per heavy atom. The number of nitrogens with zero attached hydrogens (tertiary/aromatic N) is 1. The maximum Gasteiger partial charge on any atom is 0.0534 e. The van der Waals surface area contributed by atoms with E-state index in [0.29, 0.717) is 0 Å². The Morgan fingerprint density at radius 3 is 2.60 bits per heavy atom. The molecule has 1 aromatic rings. The molecule has 0 unspecified atom stereocenters. The molecule has 0 saturated carbocycles. The van der Waals surface area contributed by atoms with Crippen LogP contribution in [0.2, 0.25) is 5.02 Å². The second-order valence-corrected chi connectivity index (χ2v) is 6.53. The number of hydrogen-bond acceptors (Lipinski definition) is 2. The second kappa shape index (κ2) is 5.79. The van der Waals surface area contributed by atoms with E-state index >= 15 is 0 Å². The van der Waals surface area contributed by atoms with Crippen LogP contribution in [0.1, 0.15) is 45.2 Å². The van der Waals surface area contributed by atoms with E-state index < -0.39 is 0 Å². The smallest absolute Gasteiger partial charge is 0.0534 e. The SMILES string of the molecule is CCCN1c2cc(Cl)c(CNC)cc2C(C)=CC1(C)C. The predicted octanol–water partition coefficient (Wildman–Crippen LogP) is 4.47. The summed E-state index contributed by atoms with van der Waals surface area (Å²) < 4.78 is 0. The van der Waals surface area contributed by atoms with E-state index in [1.54, 1.807) is 0 Å². The van der Waals surface area contributed by atoms with Crippen LogP contribution < -0.4 is 10.2 Å². The molecule has 0 fully saturated rings. The van der Waals surface area contributed by atoms with Crippen molar-refractivity contribution in [1.82, 2.24) is 5.32 Å². The average Bonchev–Trinajstić information content (AvgIpc) is 2.36. The second-order valence-electron chi connectivity index (χ2n) is 6.12. The predicted molar refractivity (Wildman–Crippen MR) is 89.6 cm³/mol. The van der Waals surface area contributed by atoms with Crippen molar-refractivity contribution < 1.29 is 0 Å². The molecule has 0 radical (unpaired) electrons. The van der Waals surface area contributed by atoms with E-state index in [2.05, 4.69) is 56.1 Å². The van der Waals surface area contributed by atoms with Gasteiger partial charge in [0.2, 0.25) is 0 Å². The van der Waals surface area contributed by atoms with E-state index in [1.807, 2.05) is 7.05 Å². The first-order chi connectivity index (χ1) is 9.40. The van der Waals surface area contributed by atoms with Gasteiger partial charge in [-0.2, -0.15) is 0 Å². The monoisotopic (exact) mass is 292 g/mol. The molecule has 110 valence electrons. The molecule has 0 bridgehead atoms. The summed E-state index contributed by atoms with van der Waals surface area (Å²) >= 11 is 6.46. The number of anilines is 1. The Kier molecular flexibility index (Phi) is 4.46. The first-order valence-electron chi connectivity index (χ1n) is 7.35. The molecule has 1 aliphatic rings. The zero-order valence-corrected chi connectivity index (χ0v) is 13.9. The molecule has 2 nitrogen and oxygen atoms in total. The van der Waals surface area contributed by atoms with Gasteiger partial charge in [-0.25, -0.2) is 0 Å². The highest BCUT2D eigenvalue weighted by Crippen LogP contribution is 2.41. The lowest BCUT2D eigenvalue weighted by Crippen LogP contribution is -2.45. The summed E-state index contributed by atoms with van der Waals surface area (Å²) in [6, 6.07) is 4.37. The van der Waals surface area contributed by atoms with Gasteiger partial charge in [0, 0.05) is 29.4 Å². The Labute approximate surface area is 127 Å². The lowest BCUT2D eigenvalue weighted by atomic mass is 9.88. The van der Waals surface area contributed by atoms with Crippen LogP contribution in [0.5, 0.6) is 0 Å². The standard InChI is InChI=1S/C17H25ClN2/c1-6-7-20-16-9-15(18)13(11-19-5)8-14(16)12(2)10-17(20,3)4/h8-10,19H,6-7,11H2,1-5H3. The summed E-state index contributed by atoms with van der Waals surface area (Å²) in [7, 11) is 1.95. The third kappa shape index (κ3) is 2.72. The fourth-order valence-electron chi connectivity index (χ4n) is 3.10. The van der Waals surface area contributed by atoms with Crippen molar-refractivity contribution in [2.24, 2.45) is 0 Å². The number of halogens is 1. The van der Waals surface area contributed by atoms with Crippen molar-refractivity contribution >= 4 is 22.9 Å². The minimum absolute atomic E-state index is 0.0426. The number of hydrogen-bond donors (Lipinski definition) is 1.